The van der Waals surface area contributed by atoms with Crippen LogP contribution in [0.4, 0.5) is 36.8 Å². The fourth-order valence-corrected chi connectivity index (χ4v) is 2.79. The quantitative estimate of drug-likeness (QED) is 0.501. The summed E-state index contributed by atoms with van der Waals surface area (Å²) in [5, 5.41) is 4.45. The van der Waals surface area contributed by atoms with Gasteiger partial charge in [-0.25, -0.2) is 4.79 Å². The Hall–Kier alpha value is -4.03. The van der Waals surface area contributed by atoms with Gasteiger partial charge in [-0.2, -0.15) is 26.3 Å². The Morgan fingerprint density at radius 1 is 1.06 bits per heavy atom. The van der Waals surface area contributed by atoms with Gasteiger partial charge in [0.25, 0.3) is 5.56 Å². The minimum atomic E-state index is -4.71. The number of urea groups is 1. The fourth-order valence-electron chi connectivity index (χ4n) is 2.79. The van der Waals surface area contributed by atoms with Crippen molar-refractivity contribution in [3.05, 3.63) is 82.0 Å². The lowest BCUT2D eigenvalue weighted by Crippen LogP contribution is -2.32. The summed E-state index contributed by atoms with van der Waals surface area (Å²) in [5.74, 6) is -0.340. The summed E-state index contributed by atoms with van der Waals surface area (Å²) in [7, 11) is 1.12. The first-order valence-electron chi connectivity index (χ1n) is 9.45. The molecule has 0 aliphatic carbocycles. The van der Waals surface area contributed by atoms with Gasteiger partial charge in [-0.3, -0.25) is 9.78 Å². The third-order valence-electron chi connectivity index (χ3n) is 4.45. The molecule has 0 fully saturated rings. The number of rotatable bonds is 5. The summed E-state index contributed by atoms with van der Waals surface area (Å²) in [5.41, 5.74) is -3.04. The maximum Gasteiger partial charge on any atom is 0.421 e. The second kappa shape index (κ2) is 9.45. The zero-order valence-corrected chi connectivity index (χ0v) is 17.3. The van der Waals surface area contributed by atoms with Gasteiger partial charge in [-0.05, 0) is 29.8 Å². The van der Waals surface area contributed by atoms with Crippen LogP contribution in [0.25, 0.3) is 0 Å². The first kappa shape index (κ1) is 24.6. The summed E-state index contributed by atoms with van der Waals surface area (Å²) >= 11 is 0. The van der Waals surface area contributed by atoms with Crippen LogP contribution in [0, 0.1) is 0 Å². The number of aryl methyl sites for hydroxylation is 1. The molecule has 0 radical (unpaired) electrons. The SMILES string of the molecule is Cn1cc(C(F)(F)F)cc(NC(=O)NCc2ccc(Oc3ccncc3C(F)(F)F)cc2)c1=O. The Balaban J connectivity index is 1.63. The molecule has 0 aliphatic heterocycles. The van der Waals surface area contributed by atoms with E-state index < -0.39 is 46.5 Å². The maximum absolute atomic E-state index is 13.0. The molecule has 0 spiro atoms. The smallest absolute Gasteiger partial charge is 0.421 e. The predicted octanol–water partition coefficient (Wildman–Crippen LogP) is 4.93. The van der Waals surface area contributed by atoms with E-state index in [0.717, 1.165) is 19.3 Å². The summed E-state index contributed by atoms with van der Waals surface area (Å²) in [6.45, 7) is -0.0888. The molecule has 0 saturated heterocycles. The van der Waals surface area contributed by atoms with E-state index in [2.05, 4.69) is 15.6 Å². The van der Waals surface area contributed by atoms with Crippen molar-refractivity contribution >= 4 is 11.7 Å². The number of amides is 2. The van der Waals surface area contributed by atoms with Crippen molar-refractivity contribution in [2.24, 2.45) is 7.05 Å². The van der Waals surface area contributed by atoms with Gasteiger partial charge in [0, 0.05) is 32.2 Å². The number of anilines is 1. The minimum Gasteiger partial charge on any atom is -0.457 e. The Morgan fingerprint density at radius 3 is 2.35 bits per heavy atom. The number of benzene rings is 1. The van der Waals surface area contributed by atoms with Crippen LogP contribution in [0.5, 0.6) is 11.5 Å². The van der Waals surface area contributed by atoms with Crippen molar-refractivity contribution in [1.82, 2.24) is 14.9 Å². The van der Waals surface area contributed by atoms with Gasteiger partial charge < -0.3 is 19.9 Å². The lowest BCUT2D eigenvalue weighted by atomic mass is 10.2. The molecule has 2 amide bonds. The third kappa shape index (κ3) is 6.05. The van der Waals surface area contributed by atoms with E-state index in [0.29, 0.717) is 28.6 Å². The van der Waals surface area contributed by atoms with Gasteiger partial charge in [-0.1, -0.05) is 12.1 Å². The van der Waals surface area contributed by atoms with E-state index in [4.69, 9.17) is 4.74 Å². The molecule has 1 aromatic carbocycles. The Bertz CT molecular complexity index is 1240. The van der Waals surface area contributed by atoms with E-state index in [-0.39, 0.29) is 12.3 Å². The predicted molar refractivity (Wildman–Crippen MR) is 108 cm³/mol. The van der Waals surface area contributed by atoms with Crippen molar-refractivity contribution in [2.45, 2.75) is 18.9 Å². The number of alkyl halides is 6. The summed E-state index contributed by atoms with van der Waals surface area (Å²) in [6.07, 6.45) is -6.96. The number of ether oxygens (including phenoxy) is 1. The highest BCUT2D eigenvalue weighted by molar-refractivity contribution is 5.89. The van der Waals surface area contributed by atoms with E-state index in [9.17, 15) is 35.9 Å². The molecular weight excluding hydrogens is 470 g/mol. The molecule has 3 aromatic rings. The molecule has 34 heavy (non-hydrogen) atoms. The van der Waals surface area contributed by atoms with E-state index >= 15 is 0 Å². The number of carbonyl (C=O) groups is 1. The molecule has 0 atom stereocenters. The van der Waals surface area contributed by atoms with Crippen LogP contribution in [-0.4, -0.2) is 15.6 Å². The Morgan fingerprint density at radius 2 is 1.74 bits per heavy atom. The molecule has 0 bridgehead atoms. The number of carbonyl (C=O) groups excluding carboxylic acids is 1. The second-order valence-electron chi connectivity index (χ2n) is 6.98. The molecule has 180 valence electrons. The molecule has 0 saturated carbocycles. The summed E-state index contributed by atoms with van der Waals surface area (Å²) in [6, 6.07) is 6.35. The van der Waals surface area contributed by atoms with Crippen molar-refractivity contribution in [3.63, 3.8) is 0 Å². The van der Waals surface area contributed by atoms with Crippen LogP contribution in [0.3, 0.4) is 0 Å². The zero-order valence-electron chi connectivity index (χ0n) is 17.3. The molecule has 2 heterocycles. The van der Waals surface area contributed by atoms with Crippen LogP contribution in [-0.2, 0) is 25.9 Å². The number of nitrogens with zero attached hydrogens (tertiary/aromatic N) is 2. The molecule has 2 N–H and O–H groups in total. The largest absolute Gasteiger partial charge is 0.457 e. The van der Waals surface area contributed by atoms with Gasteiger partial charge in [0.1, 0.15) is 22.7 Å². The van der Waals surface area contributed by atoms with Gasteiger partial charge in [0.05, 0.1) is 5.56 Å². The van der Waals surface area contributed by atoms with Crippen LogP contribution >= 0.6 is 0 Å². The summed E-state index contributed by atoms with van der Waals surface area (Å²) in [4.78, 5) is 27.5. The third-order valence-corrected chi connectivity index (χ3v) is 4.45. The van der Waals surface area contributed by atoms with Crippen molar-refractivity contribution in [1.29, 1.82) is 0 Å². The lowest BCUT2D eigenvalue weighted by molar-refractivity contribution is -0.139. The number of pyridine rings is 2. The first-order chi connectivity index (χ1) is 15.8. The van der Waals surface area contributed by atoms with E-state index in [1.54, 1.807) is 0 Å². The standard InChI is InChI=1S/C21H16F6N4O3/c1-31-11-13(20(22,23)24)8-16(18(31)32)30-19(33)29-9-12-2-4-14(5-3-12)34-17-6-7-28-10-15(17)21(25,26)27/h2-8,10-11H,9H2,1H3,(H2,29,30,33). The molecule has 13 heteroatoms. The van der Waals surface area contributed by atoms with Crippen LogP contribution in [0.1, 0.15) is 16.7 Å². The molecule has 0 unspecified atom stereocenters. The average molecular weight is 486 g/mol. The maximum atomic E-state index is 13.0. The van der Waals surface area contributed by atoms with Crippen LogP contribution in [0.2, 0.25) is 0 Å². The second-order valence-corrected chi connectivity index (χ2v) is 6.98. The topological polar surface area (TPSA) is 85.2 Å². The Kier molecular flexibility index (Phi) is 6.84. The lowest BCUT2D eigenvalue weighted by Gasteiger charge is -2.13. The van der Waals surface area contributed by atoms with Crippen LogP contribution in [0.15, 0.2) is 59.8 Å². The molecule has 2 aromatic heterocycles. The highest BCUT2D eigenvalue weighted by Crippen LogP contribution is 2.37. The zero-order chi connectivity index (χ0) is 25.1. The minimum absolute atomic E-state index is 0.0888. The molecule has 3 rings (SSSR count). The molecule has 7 nitrogen and oxygen atoms in total. The monoisotopic (exact) mass is 486 g/mol. The average Bonchev–Trinajstić information content (AvgIpc) is 2.75. The number of nitrogens with one attached hydrogen (secondary N) is 2. The van der Waals surface area contributed by atoms with Gasteiger partial charge >= 0.3 is 18.4 Å². The van der Waals surface area contributed by atoms with Crippen molar-refractivity contribution < 1.29 is 35.9 Å². The normalized spacial score (nSPS) is 11.7. The Labute approximate surface area is 188 Å². The highest BCUT2D eigenvalue weighted by Gasteiger charge is 2.35. The van der Waals surface area contributed by atoms with Gasteiger partial charge in [-0.15, -0.1) is 0 Å². The summed E-state index contributed by atoms with van der Waals surface area (Å²) < 4.78 is 83.8. The fraction of sp³-hybridized carbons (Fsp3) is 0.190. The first-order valence-corrected chi connectivity index (χ1v) is 9.45. The van der Waals surface area contributed by atoms with Gasteiger partial charge in [0.15, 0.2) is 0 Å². The molecule has 0 aliphatic rings. The van der Waals surface area contributed by atoms with E-state index in [1.165, 1.54) is 24.3 Å². The number of hydrogen-bond donors (Lipinski definition) is 2. The van der Waals surface area contributed by atoms with Crippen molar-refractivity contribution in [2.75, 3.05) is 5.32 Å². The number of aromatic nitrogens is 2. The molecular formula is C21H16F6N4O3. The number of halogens is 6. The van der Waals surface area contributed by atoms with Gasteiger partial charge in [0.2, 0.25) is 0 Å². The van der Waals surface area contributed by atoms with Crippen LogP contribution < -0.4 is 20.9 Å². The van der Waals surface area contributed by atoms with Crippen molar-refractivity contribution in [3.8, 4) is 11.5 Å². The van der Waals surface area contributed by atoms with E-state index in [1.807, 2.05) is 0 Å². The number of hydrogen-bond acceptors (Lipinski definition) is 4. The highest BCUT2D eigenvalue weighted by atomic mass is 19.4.